The van der Waals surface area contributed by atoms with E-state index in [9.17, 15) is 0 Å². The Hall–Kier alpha value is -2.54. The molecule has 0 aromatic heterocycles. The molecule has 1 saturated carbocycles. The molecule has 0 radical (unpaired) electrons. The van der Waals surface area contributed by atoms with E-state index in [1.165, 1.54) is 39.8 Å². The van der Waals surface area contributed by atoms with E-state index in [1.807, 2.05) is 0 Å². The standard InChI is InChI=1S/C22H19N/c23-22-18(20-13-19(20)14-6-2-1-3-7-14)11-10-17-16-9-5-4-8-15(16)12-21(17)22/h1-11,19-20H,12-13,23H2/t19-,20+/m0/s1. The van der Waals surface area contributed by atoms with E-state index in [4.69, 9.17) is 5.73 Å². The molecule has 0 saturated heterocycles. The summed E-state index contributed by atoms with van der Waals surface area (Å²) >= 11 is 0. The summed E-state index contributed by atoms with van der Waals surface area (Å²) in [4.78, 5) is 0. The number of fused-ring (bicyclic) bond motifs is 3. The van der Waals surface area contributed by atoms with Gasteiger partial charge in [0.25, 0.3) is 0 Å². The van der Waals surface area contributed by atoms with E-state index in [2.05, 4.69) is 66.7 Å². The molecule has 0 heterocycles. The van der Waals surface area contributed by atoms with Crippen molar-refractivity contribution in [2.24, 2.45) is 0 Å². The van der Waals surface area contributed by atoms with Crippen molar-refractivity contribution in [3.63, 3.8) is 0 Å². The van der Waals surface area contributed by atoms with Crippen LogP contribution in [0.15, 0.2) is 66.7 Å². The van der Waals surface area contributed by atoms with Crippen LogP contribution < -0.4 is 5.73 Å². The van der Waals surface area contributed by atoms with Gasteiger partial charge in [0, 0.05) is 12.1 Å². The number of benzene rings is 3. The number of hydrogen-bond donors (Lipinski definition) is 1. The average molecular weight is 297 g/mol. The van der Waals surface area contributed by atoms with Crippen LogP contribution in [0.4, 0.5) is 5.69 Å². The van der Waals surface area contributed by atoms with Crippen LogP contribution in [0.3, 0.4) is 0 Å². The minimum absolute atomic E-state index is 0.589. The van der Waals surface area contributed by atoms with Crippen LogP contribution in [-0.4, -0.2) is 0 Å². The zero-order valence-electron chi connectivity index (χ0n) is 13.0. The van der Waals surface area contributed by atoms with Gasteiger partial charge < -0.3 is 5.73 Å². The Morgan fingerprint density at radius 3 is 2.39 bits per heavy atom. The first kappa shape index (κ1) is 13.0. The Balaban J connectivity index is 1.52. The lowest BCUT2D eigenvalue weighted by Crippen LogP contribution is -1.99. The maximum Gasteiger partial charge on any atom is 0.0391 e. The van der Waals surface area contributed by atoms with E-state index in [0.29, 0.717) is 11.8 Å². The van der Waals surface area contributed by atoms with Crippen LogP contribution in [0.2, 0.25) is 0 Å². The van der Waals surface area contributed by atoms with Crippen molar-refractivity contribution in [3.8, 4) is 11.1 Å². The molecule has 0 amide bonds. The lowest BCUT2D eigenvalue weighted by Gasteiger charge is -2.11. The van der Waals surface area contributed by atoms with Crippen molar-refractivity contribution in [1.29, 1.82) is 0 Å². The Morgan fingerprint density at radius 2 is 1.52 bits per heavy atom. The highest BCUT2D eigenvalue weighted by molar-refractivity contribution is 5.83. The largest absolute Gasteiger partial charge is 0.398 e. The molecule has 2 atom stereocenters. The molecule has 0 unspecified atom stereocenters. The molecule has 3 aromatic carbocycles. The fraction of sp³-hybridized carbons (Fsp3) is 0.182. The SMILES string of the molecule is Nc1c([C@H]2C[C@H]2c2ccccc2)ccc2c1Cc1ccccc1-2. The molecule has 1 nitrogen and oxygen atoms in total. The maximum atomic E-state index is 6.60. The first-order valence-corrected chi connectivity index (χ1v) is 8.37. The van der Waals surface area contributed by atoms with E-state index in [0.717, 1.165) is 12.1 Å². The van der Waals surface area contributed by atoms with E-state index < -0.39 is 0 Å². The number of hydrogen-bond acceptors (Lipinski definition) is 1. The van der Waals surface area contributed by atoms with Gasteiger partial charge in [-0.1, -0.05) is 66.7 Å². The van der Waals surface area contributed by atoms with Crippen molar-refractivity contribution in [1.82, 2.24) is 0 Å². The Morgan fingerprint density at radius 1 is 0.739 bits per heavy atom. The molecule has 3 aromatic rings. The number of rotatable bonds is 2. The van der Waals surface area contributed by atoms with E-state index >= 15 is 0 Å². The lowest BCUT2D eigenvalue weighted by atomic mass is 9.96. The van der Waals surface area contributed by atoms with Crippen LogP contribution in [0.1, 0.15) is 40.5 Å². The third kappa shape index (κ3) is 1.93. The monoisotopic (exact) mass is 297 g/mol. The average Bonchev–Trinajstić information content (AvgIpc) is 3.30. The summed E-state index contributed by atoms with van der Waals surface area (Å²) in [5.74, 6) is 1.23. The predicted octanol–water partition coefficient (Wildman–Crippen LogP) is 5.11. The first-order chi connectivity index (χ1) is 11.3. The zero-order valence-corrected chi connectivity index (χ0v) is 13.0. The smallest absolute Gasteiger partial charge is 0.0391 e. The van der Waals surface area contributed by atoms with Crippen molar-refractivity contribution >= 4 is 5.69 Å². The molecule has 1 fully saturated rings. The summed E-state index contributed by atoms with van der Waals surface area (Å²) in [6.07, 6.45) is 2.20. The molecule has 112 valence electrons. The Labute approximate surface area is 136 Å². The number of anilines is 1. The van der Waals surface area contributed by atoms with Gasteiger partial charge in [0.15, 0.2) is 0 Å². The van der Waals surface area contributed by atoms with Gasteiger partial charge in [-0.25, -0.2) is 0 Å². The Bertz CT molecular complexity index is 895. The quantitative estimate of drug-likeness (QED) is 0.511. The fourth-order valence-corrected chi connectivity index (χ4v) is 4.18. The van der Waals surface area contributed by atoms with Gasteiger partial charge in [0.1, 0.15) is 0 Å². The van der Waals surface area contributed by atoms with Crippen molar-refractivity contribution in [2.45, 2.75) is 24.7 Å². The second-order valence-electron chi connectivity index (χ2n) is 6.79. The minimum atomic E-state index is 0.589. The van der Waals surface area contributed by atoms with Crippen LogP contribution in [0, 0.1) is 0 Å². The Kier molecular flexibility index (Phi) is 2.66. The van der Waals surface area contributed by atoms with Gasteiger partial charge in [-0.2, -0.15) is 0 Å². The molecule has 2 aliphatic carbocycles. The molecule has 2 N–H and O–H groups in total. The molecule has 0 aliphatic heterocycles. The van der Waals surface area contributed by atoms with Gasteiger partial charge in [0.05, 0.1) is 0 Å². The third-order valence-electron chi connectivity index (χ3n) is 5.48. The van der Waals surface area contributed by atoms with Crippen LogP contribution in [0.5, 0.6) is 0 Å². The third-order valence-corrected chi connectivity index (χ3v) is 5.48. The molecule has 5 rings (SSSR count). The van der Waals surface area contributed by atoms with Gasteiger partial charge >= 0.3 is 0 Å². The zero-order chi connectivity index (χ0) is 15.4. The summed E-state index contributed by atoms with van der Waals surface area (Å²) < 4.78 is 0. The second-order valence-corrected chi connectivity index (χ2v) is 6.79. The van der Waals surface area contributed by atoms with Gasteiger partial charge in [-0.15, -0.1) is 0 Å². The molecular formula is C22H19N. The van der Waals surface area contributed by atoms with Gasteiger partial charge in [-0.3, -0.25) is 0 Å². The summed E-state index contributed by atoms with van der Waals surface area (Å²) in [6.45, 7) is 0. The highest BCUT2D eigenvalue weighted by Gasteiger charge is 2.41. The minimum Gasteiger partial charge on any atom is -0.398 e. The fourth-order valence-electron chi connectivity index (χ4n) is 4.18. The molecule has 2 aliphatic rings. The summed E-state index contributed by atoms with van der Waals surface area (Å²) in [6, 6.07) is 24.1. The number of nitrogens with two attached hydrogens (primary N) is 1. The summed E-state index contributed by atoms with van der Waals surface area (Å²) in [5.41, 5.74) is 15.9. The van der Waals surface area contributed by atoms with Crippen LogP contribution in [0.25, 0.3) is 11.1 Å². The molecule has 0 bridgehead atoms. The van der Waals surface area contributed by atoms with Crippen molar-refractivity contribution in [3.05, 3.63) is 89.0 Å². The summed E-state index contributed by atoms with van der Waals surface area (Å²) in [7, 11) is 0. The van der Waals surface area contributed by atoms with Gasteiger partial charge in [0.2, 0.25) is 0 Å². The lowest BCUT2D eigenvalue weighted by molar-refractivity contribution is 1.03. The topological polar surface area (TPSA) is 26.0 Å². The normalized spacial score (nSPS) is 20.9. The van der Waals surface area contributed by atoms with E-state index in [-0.39, 0.29) is 0 Å². The highest BCUT2D eigenvalue weighted by Crippen LogP contribution is 2.57. The molecule has 0 spiro atoms. The van der Waals surface area contributed by atoms with Crippen LogP contribution >= 0.6 is 0 Å². The molecule has 1 heteroatoms. The molecular weight excluding hydrogens is 278 g/mol. The predicted molar refractivity (Wildman–Crippen MR) is 95.6 cm³/mol. The van der Waals surface area contributed by atoms with Gasteiger partial charge in [-0.05, 0) is 51.6 Å². The van der Waals surface area contributed by atoms with E-state index in [1.54, 1.807) is 0 Å². The summed E-state index contributed by atoms with van der Waals surface area (Å²) in [5, 5.41) is 0. The van der Waals surface area contributed by atoms with Crippen molar-refractivity contribution < 1.29 is 0 Å². The highest BCUT2D eigenvalue weighted by atomic mass is 14.6. The first-order valence-electron chi connectivity index (χ1n) is 8.37. The second kappa shape index (κ2) is 4.73. The molecule has 23 heavy (non-hydrogen) atoms. The maximum absolute atomic E-state index is 6.60. The number of nitrogen functional groups attached to an aromatic ring is 1. The van der Waals surface area contributed by atoms with Crippen LogP contribution in [-0.2, 0) is 6.42 Å². The van der Waals surface area contributed by atoms with Crippen molar-refractivity contribution in [2.75, 3.05) is 5.73 Å².